The van der Waals surface area contributed by atoms with Crippen molar-refractivity contribution in [1.82, 2.24) is 14.5 Å². The van der Waals surface area contributed by atoms with E-state index in [-0.39, 0.29) is 0 Å². The quantitative estimate of drug-likeness (QED) is 0.772. The van der Waals surface area contributed by atoms with Crippen LogP contribution in [-0.2, 0) is 13.0 Å². The zero-order valence-electron chi connectivity index (χ0n) is 14.6. The van der Waals surface area contributed by atoms with Crippen molar-refractivity contribution in [3.8, 4) is 11.3 Å². The summed E-state index contributed by atoms with van der Waals surface area (Å²) >= 11 is 0. The summed E-state index contributed by atoms with van der Waals surface area (Å²) in [6.07, 6.45) is 3.59. The third-order valence-corrected chi connectivity index (χ3v) is 5.10. The first-order valence-corrected chi connectivity index (χ1v) is 8.90. The van der Waals surface area contributed by atoms with Gasteiger partial charge in [-0.1, -0.05) is 13.3 Å². The number of benzene rings is 1. The Hall–Kier alpha value is -2.30. The third kappa shape index (κ3) is 2.48. The summed E-state index contributed by atoms with van der Waals surface area (Å²) in [5.74, 6) is 2.00. The highest BCUT2D eigenvalue weighted by Gasteiger charge is 2.23. The number of hydrogen-bond donors (Lipinski definition) is 1. The molecule has 1 N–H and O–H groups in total. The molecule has 0 aliphatic carbocycles. The number of fused-ring (bicyclic) bond motifs is 2. The molecule has 4 rings (SSSR count). The predicted octanol–water partition coefficient (Wildman–Crippen LogP) is 4.40. The molecule has 0 fully saturated rings. The van der Waals surface area contributed by atoms with Crippen molar-refractivity contribution < 1.29 is 4.42 Å². The lowest BCUT2D eigenvalue weighted by Crippen LogP contribution is -2.19. The number of hydrogen-bond acceptors (Lipinski definition) is 4. The maximum atomic E-state index is 5.69. The van der Waals surface area contributed by atoms with Crippen LogP contribution in [0.2, 0.25) is 0 Å². The van der Waals surface area contributed by atoms with Crippen molar-refractivity contribution in [1.29, 1.82) is 0 Å². The number of anilines is 1. The van der Waals surface area contributed by atoms with Crippen molar-refractivity contribution in [2.75, 3.05) is 11.9 Å². The fourth-order valence-corrected chi connectivity index (χ4v) is 3.64. The molecule has 24 heavy (non-hydrogen) atoms. The molecule has 1 aromatic carbocycles. The van der Waals surface area contributed by atoms with E-state index in [1.165, 1.54) is 24.4 Å². The monoisotopic (exact) mass is 324 g/mol. The molecule has 0 bridgehead atoms. The van der Waals surface area contributed by atoms with Crippen LogP contribution in [0.5, 0.6) is 0 Å². The number of rotatable bonds is 4. The molecule has 3 heterocycles. The van der Waals surface area contributed by atoms with Crippen LogP contribution in [0, 0.1) is 12.8 Å². The average Bonchev–Trinajstić information content (AvgIpc) is 3.14. The first-order valence-electron chi connectivity index (χ1n) is 8.90. The number of nitrogens with one attached hydrogen (secondary N) is 1. The van der Waals surface area contributed by atoms with Gasteiger partial charge in [0.2, 0.25) is 0 Å². The van der Waals surface area contributed by atoms with Crippen LogP contribution in [-0.4, -0.2) is 21.1 Å². The average molecular weight is 324 g/mol. The van der Waals surface area contributed by atoms with Crippen LogP contribution in [0.15, 0.2) is 22.6 Å². The van der Waals surface area contributed by atoms with Crippen LogP contribution in [0.4, 0.5) is 6.01 Å². The molecule has 1 unspecified atom stereocenters. The molecule has 0 radical (unpaired) electrons. The zero-order valence-corrected chi connectivity index (χ0v) is 14.6. The normalized spacial score (nSPS) is 17.2. The Labute approximate surface area is 142 Å². The maximum Gasteiger partial charge on any atom is 0.295 e. The Balaban J connectivity index is 1.73. The van der Waals surface area contributed by atoms with Crippen LogP contribution in [0.3, 0.4) is 0 Å². The van der Waals surface area contributed by atoms with Gasteiger partial charge < -0.3 is 14.3 Å². The van der Waals surface area contributed by atoms with E-state index in [1.807, 2.05) is 13.0 Å². The van der Waals surface area contributed by atoms with Gasteiger partial charge in [-0.2, -0.15) is 4.98 Å². The molecular formula is C19H24N4O. The van der Waals surface area contributed by atoms with Gasteiger partial charge in [0.1, 0.15) is 11.3 Å². The Morgan fingerprint density at radius 1 is 1.29 bits per heavy atom. The molecule has 126 valence electrons. The molecule has 1 aliphatic heterocycles. The lowest BCUT2D eigenvalue weighted by Gasteiger charge is -2.22. The fraction of sp³-hybridized carbons (Fsp3) is 0.474. The molecule has 5 nitrogen and oxygen atoms in total. The highest BCUT2D eigenvalue weighted by Crippen LogP contribution is 2.31. The summed E-state index contributed by atoms with van der Waals surface area (Å²) < 4.78 is 8.08. The molecule has 1 aliphatic rings. The topological polar surface area (TPSA) is 55.9 Å². The SMILES string of the molecule is CCNc1nc2cc(-c3nc4n(c3C)CCC(CC)C4)ccc2o1. The Morgan fingerprint density at radius 3 is 2.96 bits per heavy atom. The second kappa shape index (κ2) is 5.96. The highest BCUT2D eigenvalue weighted by molar-refractivity contribution is 5.81. The Kier molecular flexibility index (Phi) is 3.79. The van der Waals surface area contributed by atoms with Crippen LogP contribution < -0.4 is 5.32 Å². The molecular weight excluding hydrogens is 300 g/mol. The van der Waals surface area contributed by atoms with Gasteiger partial charge in [-0.05, 0) is 44.4 Å². The third-order valence-electron chi connectivity index (χ3n) is 5.10. The minimum Gasteiger partial charge on any atom is -0.424 e. The Bertz CT molecular complexity index is 877. The number of oxazole rings is 1. The van der Waals surface area contributed by atoms with Gasteiger partial charge in [-0.3, -0.25) is 0 Å². The maximum absolute atomic E-state index is 5.69. The number of nitrogens with zero attached hydrogens (tertiary/aromatic N) is 3. The van der Waals surface area contributed by atoms with E-state index in [1.54, 1.807) is 0 Å². The molecule has 0 saturated heterocycles. The summed E-state index contributed by atoms with van der Waals surface area (Å²) in [7, 11) is 0. The minimum absolute atomic E-state index is 0.580. The summed E-state index contributed by atoms with van der Waals surface area (Å²) in [5.41, 5.74) is 5.14. The van der Waals surface area contributed by atoms with Gasteiger partial charge in [0.25, 0.3) is 6.01 Å². The molecule has 2 aromatic heterocycles. The molecule has 1 atom stereocenters. The summed E-state index contributed by atoms with van der Waals surface area (Å²) in [6, 6.07) is 6.74. The lowest BCUT2D eigenvalue weighted by atomic mass is 9.95. The predicted molar refractivity (Wildman–Crippen MR) is 96.2 cm³/mol. The Morgan fingerprint density at radius 2 is 2.17 bits per heavy atom. The summed E-state index contributed by atoms with van der Waals surface area (Å²) in [5, 5.41) is 3.12. The fourth-order valence-electron chi connectivity index (χ4n) is 3.64. The van der Waals surface area contributed by atoms with E-state index >= 15 is 0 Å². The first kappa shape index (κ1) is 15.2. The summed E-state index contributed by atoms with van der Waals surface area (Å²) in [6.45, 7) is 8.37. The molecule has 5 heteroatoms. The van der Waals surface area contributed by atoms with E-state index in [0.717, 1.165) is 47.8 Å². The van der Waals surface area contributed by atoms with Gasteiger partial charge in [0.05, 0.1) is 5.69 Å². The zero-order chi connectivity index (χ0) is 16.7. The van der Waals surface area contributed by atoms with E-state index in [0.29, 0.717) is 6.01 Å². The lowest BCUT2D eigenvalue weighted by molar-refractivity contribution is 0.369. The van der Waals surface area contributed by atoms with E-state index in [2.05, 4.69) is 40.8 Å². The molecule has 0 spiro atoms. The van der Waals surface area contributed by atoms with Gasteiger partial charge in [-0.25, -0.2) is 4.98 Å². The summed E-state index contributed by atoms with van der Waals surface area (Å²) in [4.78, 5) is 9.47. The van der Waals surface area contributed by atoms with E-state index < -0.39 is 0 Å². The second-order valence-electron chi connectivity index (χ2n) is 6.61. The van der Waals surface area contributed by atoms with Gasteiger partial charge in [-0.15, -0.1) is 0 Å². The van der Waals surface area contributed by atoms with Crippen molar-refractivity contribution in [2.24, 2.45) is 5.92 Å². The van der Waals surface area contributed by atoms with E-state index in [9.17, 15) is 0 Å². The number of imidazole rings is 1. The number of aromatic nitrogens is 3. The van der Waals surface area contributed by atoms with Crippen molar-refractivity contribution in [2.45, 2.75) is 46.6 Å². The van der Waals surface area contributed by atoms with Gasteiger partial charge in [0.15, 0.2) is 5.58 Å². The first-order chi connectivity index (χ1) is 11.7. The van der Waals surface area contributed by atoms with Crippen LogP contribution >= 0.6 is 0 Å². The largest absolute Gasteiger partial charge is 0.424 e. The molecule has 3 aromatic rings. The van der Waals surface area contributed by atoms with Crippen molar-refractivity contribution in [3.63, 3.8) is 0 Å². The van der Waals surface area contributed by atoms with Crippen LogP contribution in [0.25, 0.3) is 22.4 Å². The minimum atomic E-state index is 0.580. The van der Waals surface area contributed by atoms with E-state index in [4.69, 9.17) is 9.40 Å². The van der Waals surface area contributed by atoms with Crippen LogP contribution in [0.1, 0.15) is 38.2 Å². The standard InChI is InChI=1S/C19H24N4O/c1-4-13-8-9-23-12(3)18(22-17(23)10-13)14-6-7-16-15(11-14)21-19(24-16)20-5-2/h6-7,11,13H,4-5,8-10H2,1-3H3,(H,20,21). The van der Waals surface area contributed by atoms with Gasteiger partial charge in [0, 0.05) is 30.8 Å². The smallest absolute Gasteiger partial charge is 0.295 e. The molecule has 0 saturated carbocycles. The highest BCUT2D eigenvalue weighted by atomic mass is 16.4. The molecule has 0 amide bonds. The van der Waals surface area contributed by atoms with Crippen molar-refractivity contribution in [3.05, 3.63) is 29.7 Å². The van der Waals surface area contributed by atoms with Crippen molar-refractivity contribution >= 4 is 17.1 Å². The van der Waals surface area contributed by atoms with Gasteiger partial charge >= 0.3 is 0 Å². The second-order valence-corrected chi connectivity index (χ2v) is 6.61.